The first-order valence-electron chi connectivity index (χ1n) is 9.89. The molecule has 1 N–H and O–H groups in total. The second-order valence-electron chi connectivity index (χ2n) is 7.80. The molecule has 1 unspecified atom stereocenters. The summed E-state index contributed by atoms with van der Waals surface area (Å²) in [6.07, 6.45) is 12.3. The van der Waals surface area contributed by atoms with Crippen LogP contribution in [0, 0.1) is 11.8 Å². The number of ether oxygens (including phenoxy) is 2. The van der Waals surface area contributed by atoms with E-state index in [1.165, 1.54) is 60.6 Å². The maximum absolute atomic E-state index is 11.6. The fourth-order valence-corrected chi connectivity index (χ4v) is 6.06. The number of methoxy groups -OCH3 is 1. The number of aliphatic carboxylic acids is 1. The molecule has 1 saturated carbocycles. The van der Waals surface area contributed by atoms with Crippen molar-refractivity contribution >= 4 is 22.8 Å². The van der Waals surface area contributed by atoms with E-state index in [9.17, 15) is 9.90 Å². The van der Waals surface area contributed by atoms with E-state index in [4.69, 9.17) is 9.47 Å². The zero-order valence-electron chi connectivity index (χ0n) is 15.9. The number of carboxylic acid groups (broad SMARTS) is 1. The van der Waals surface area contributed by atoms with E-state index in [2.05, 4.69) is 17.1 Å². The molecular formula is C22H23NO4S. The zero-order valence-corrected chi connectivity index (χ0v) is 16.7. The Labute approximate surface area is 168 Å². The quantitative estimate of drug-likeness (QED) is 0.766. The number of hydrogen-bond donors (Lipinski definition) is 1. The number of rotatable bonds is 3. The van der Waals surface area contributed by atoms with Crippen LogP contribution >= 0.6 is 11.8 Å². The van der Waals surface area contributed by atoms with Crippen molar-refractivity contribution in [2.75, 3.05) is 20.3 Å². The molecule has 146 valence electrons. The molecule has 5 rings (SSSR count). The summed E-state index contributed by atoms with van der Waals surface area (Å²) in [5.74, 6) is 0.552. The molecule has 3 aliphatic carbocycles. The number of fused-ring (bicyclic) bond motifs is 4. The normalized spacial score (nSPS) is 27.0. The van der Waals surface area contributed by atoms with Gasteiger partial charge in [-0.25, -0.2) is 4.79 Å². The van der Waals surface area contributed by atoms with Gasteiger partial charge in [0.05, 0.1) is 25.8 Å². The number of thioether (sulfide) groups is 1. The molecule has 1 atom stereocenters. The maximum atomic E-state index is 11.6. The largest absolute Gasteiger partial charge is 0.500 e. The highest BCUT2D eigenvalue weighted by Gasteiger charge is 2.45. The van der Waals surface area contributed by atoms with Gasteiger partial charge in [-0.05, 0) is 41.6 Å². The lowest BCUT2D eigenvalue weighted by molar-refractivity contribution is -0.129. The molecule has 1 fully saturated rings. The van der Waals surface area contributed by atoms with Crippen LogP contribution in [0.25, 0.3) is 0 Å². The van der Waals surface area contributed by atoms with E-state index >= 15 is 0 Å². The standard InChI is InChI=1S/C22H23NO4S/c1-26-16-8-7-14-17(12-5-3-2-4-6-12)19-15(18(14)16)11-27-10-13-9-23-21(22(24)25)28-20(13)19/h7-8,11-12,18H,2-6,9-10H2,1H3,(H,24,25). The topological polar surface area (TPSA) is 68.1 Å². The van der Waals surface area contributed by atoms with Crippen LogP contribution in [0.4, 0.5) is 0 Å². The number of hydrogen-bond acceptors (Lipinski definition) is 5. The second kappa shape index (κ2) is 6.99. The highest BCUT2D eigenvalue weighted by Crippen LogP contribution is 2.57. The summed E-state index contributed by atoms with van der Waals surface area (Å²) in [7, 11) is 1.72. The van der Waals surface area contributed by atoms with Crippen LogP contribution < -0.4 is 0 Å². The van der Waals surface area contributed by atoms with Crippen molar-refractivity contribution in [1.29, 1.82) is 0 Å². The molecule has 0 saturated heterocycles. The van der Waals surface area contributed by atoms with Gasteiger partial charge in [0.2, 0.25) is 0 Å². The summed E-state index contributed by atoms with van der Waals surface area (Å²) in [5, 5.41) is 9.69. The lowest BCUT2D eigenvalue weighted by Crippen LogP contribution is -2.17. The Hall–Kier alpha value is -2.21. The van der Waals surface area contributed by atoms with Crippen molar-refractivity contribution in [2.45, 2.75) is 32.1 Å². The van der Waals surface area contributed by atoms with Crippen LogP contribution in [-0.4, -0.2) is 36.4 Å². The third kappa shape index (κ3) is 2.69. The van der Waals surface area contributed by atoms with Gasteiger partial charge >= 0.3 is 5.97 Å². The van der Waals surface area contributed by atoms with Gasteiger partial charge < -0.3 is 14.6 Å². The molecule has 0 aromatic carbocycles. The average molecular weight is 397 g/mol. The maximum Gasteiger partial charge on any atom is 0.361 e. The van der Waals surface area contributed by atoms with Crippen LogP contribution in [0.1, 0.15) is 32.1 Å². The molecule has 5 aliphatic rings. The SMILES string of the molecule is COC1=CC=C2C(C3CCCCC3)=C3C(=COCC4=C3SC(C(=O)O)=NC4)C12. The number of allylic oxidation sites excluding steroid dienone is 5. The molecule has 0 radical (unpaired) electrons. The summed E-state index contributed by atoms with van der Waals surface area (Å²) in [4.78, 5) is 16.9. The Bertz CT molecular complexity index is 928. The lowest BCUT2D eigenvalue weighted by atomic mass is 9.80. The lowest BCUT2D eigenvalue weighted by Gasteiger charge is -2.26. The van der Waals surface area contributed by atoms with E-state index in [1.54, 1.807) is 7.11 Å². The molecule has 0 bridgehead atoms. The Kier molecular flexibility index (Phi) is 4.46. The zero-order chi connectivity index (χ0) is 19.3. The molecule has 2 heterocycles. The number of aliphatic imine (C=N–C) groups is 1. The molecule has 28 heavy (non-hydrogen) atoms. The highest BCUT2D eigenvalue weighted by molar-refractivity contribution is 8.19. The van der Waals surface area contributed by atoms with Crippen LogP contribution in [0.5, 0.6) is 0 Å². The molecule has 5 nitrogen and oxygen atoms in total. The summed E-state index contributed by atoms with van der Waals surface area (Å²) in [5.41, 5.74) is 6.07. The predicted octanol–water partition coefficient (Wildman–Crippen LogP) is 4.36. The molecule has 6 heteroatoms. The first-order valence-corrected chi connectivity index (χ1v) is 10.7. The molecule has 0 amide bonds. The van der Waals surface area contributed by atoms with E-state index in [1.807, 2.05) is 6.26 Å². The van der Waals surface area contributed by atoms with Gasteiger partial charge in [0.1, 0.15) is 12.4 Å². The van der Waals surface area contributed by atoms with Crippen molar-refractivity contribution in [2.24, 2.45) is 16.8 Å². The van der Waals surface area contributed by atoms with Gasteiger partial charge in [-0.1, -0.05) is 37.1 Å². The van der Waals surface area contributed by atoms with E-state index in [-0.39, 0.29) is 11.0 Å². The van der Waals surface area contributed by atoms with Crippen LogP contribution in [0.3, 0.4) is 0 Å². The highest BCUT2D eigenvalue weighted by atomic mass is 32.2. The van der Waals surface area contributed by atoms with Crippen LogP contribution in [0.2, 0.25) is 0 Å². The minimum atomic E-state index is -0.957. The Morgan fingerprint density at radius 2 is 2.07 bits per heavy atom. The second-order valence-corrected chi connectivity index (χ2v) is 8.80. The fourth-order valence-electron chi connectivity index (χ4n) is 5.05. The average Bonchev–Trinajstić information content (AvgIpc) is 3.21. The van der Waals surface area contributed by atoms with E-state index in [0.29, 0.717) is 19.1 Å². The van der Waals surface area contributed by atoms with E-state index < -0.39 is 5.97 Å². The van der Waals surface area contributed by atoms with Crippen molar-refractivity contribution < 1.29 is 19.4 Å². The van der Waals surface area contributed by atoms with Crippen molar-refractivity contribution in [1.82, 2.24) is 0 Å². The van der Waals surface area contributed by atoms with Crippen LogP contribution in [-0.2, 0) is 14.3 Å². The summed E-state index contributed by atoms with van der Waals surface area (Å²) >= 11 is 1.29. The third-order valence-corrected chi connectivity index (χ3v) is 7.46. The first-order chi connectivity index (χ1) is 13.7. The van der Waals surface area contributed by atoms with Crippen molar-refractivity contribution in [3.05, 3.63) is 56.9 Å². The first kappa shape index (κ1) is 17.9. The van der Waals surface area contributed by atoms with Crippen molar-refractivity contribution in [3.63, 3.8) is 0 Å². The number of nitrogens with zero attached hydrogens (tertiary/aromatic N) is 1. The Balaban J connectivity index is 1.66. The summed E-state index contributed by atoms with van der Waals surface area (Å²) in [6, 6.07) is 0. The number of carbonyl (C=O) groups is 1. The van der Waals surface area contributed by atoms with Gasteiger partial charge in [-0.3, -0.25) is 4.99 Å². The molecule has 0 aromatic heterocycles. The minimum Gasteiger partial charge on any atom is -0.500 e. The fraction of sp³-hybridized carbons (Fsp3) is 0.455. The molecule has 0 spiro atoms. The van der Waals surface area contributed by atoms with Gasteiger partial charge in [-0.15, -0.1) is 0 Å². The predicted molar refractivity (Wildman–Crippen MR) is 109 cm³/mol. The smallest absolute Gasteiger partial charge is 0.361 e. The minimum absolute atomic E-state index is 0.0662. The van der Waals surface area contributed by atoms with Gasteiger partial charge in [0.15, 0.2) is 5.04 Å². The van der Waals surface area contributed by atoms with Crippen molar-refractivity contribution in [3.8, 4) is 0 Å². The molecule has 0 aromatic rings. The summed E-state index contributed by atoms with van der Waals surface area (Å²) < 4.78 is 11.6. The monoisotopic (exact) mass is 397 g/mol. The van der Waals surface area contributed by atoms with E-state index in [0.717, 1.165) is 21.8 Å². The van der Waals surface area contributed by atoms with Gasteiger partial charge in [0, 0.05) is 16.1 Å². The Morgan fingerprint density at radius 3 is 2.82 bits per heavy atom. The van der Waals surface area contributed by atoms with Crippen LogP contribution in [0.15, 0.2) is 61.9 Å². The molecule has 2 aliphatic heterocycles. The summed E-state index contributed by atoms with van der Waals surface area (Å²) in [6.45, 7) is 0.852. The van der Waals surface area contributed by atoms with Gasteiger partial charge in [-0.2, -0.15) is 0 Å². The number of carboxylic acids is 1. The third-order valence-electron chi connectivity index (χ3n) is 6.26. The van der Waals surface area contributed by atoms with Gasteiger partial charge in [0.25, 0.3) is 0 Å². The Morgan fingerprint density at radius 1 is 1.25 bits per heavy atom. The molecular weight excluding hydrogens is 374 g/mol.